The van der Waals surface area contributed by atoms with E-state index >= 15 is 0 Å². The van der Waals surface area contributed by atoms with Crippen molar-refractivity contribution in [3.63, 3.8) is 0 Å². The average molecular weight is 879 g/mol. The molecule has 0 radical (unpaired) electrons. The molecule has 6 aromatic rings. The Morgan fingerprint density at radius 2 is 1.12 bits per heavy atom. The number of thioether (sulfide) groups is 2. The van der Waals surface area contributed by atoms with E-state index in [2.05, 4.69) is 22.4 Å². The van der Waals surface area contributed by atoms with Crippen LogP contribution in [0.4, 0.5) is 0 Å². The molecule has 2 saturated carbocycles. The van der Waals surface area contributed by atoms with Gasteiger partial charge in [0.2, 0.25) is 0 Å². The zero-order chi connectivity index (χ0) is 40.1. The summed E-state index contributed by atoms with van der Waals surface area (Å²) in [5, 5.41) is 17.6. The van der Waals surface area contributed by atoms with Crippen LogP contribution in [0.15, 0.2) is 54.1 Å². The number of Topliss-reactive ketones (excluding diaryl/α,β-unsaturated/α-hetero) is 2. The molecular weight excluding hydrogens is 821 g/mol. The quantitative estimate of drug-likeness (QED) is 0.110. The van der Waals surface area contributed by atoms with Crippen LogP contribution in [-0.4, -0.2) is 56.3 Å². The predicted molar refractivity (Wildman–Crippen MR) is 242 cm³/mol. The third-order valence-corrected chi connectivity index (χ3v) is 15.7. The second-order valence-corrected chi connectivity index (χ2v) is 19.8. The molecule has 0 amide bonds. The van der Waals surface area contributed by atoms with Gasteiger partial charge in [-0.15, -0.1) is 22.7 Å². The van der Waals surface area contributed by atoms with E-state index in [0.717, 1.165) is 137 Å². The third kappa shape index (κ3) is 11.9. The highest BCUT2D eigenvalue weighted by molar-refractivity contribution is 8.00. The van der Waals surface area contributed by atoms with E-state index in [1.165, 1.54) is 0 Å². The summed E-state index contributed by atoms with van der Waals surface area (Å²) in [6.45, 7) is 7.81. The molecule has 0 unspecified atom stereocenters. The zero-order valence-corrected chi connectivity index (χ0v) is 36.4. The van der Waals surface area contributed by atoms with Crippen LogP contribution in [0, 0.1) is 39.5 Å². The fraction of sp³-hybridized carbons (Fsp3) is 0.511. The molecule has 4 heterocycles. The van der Waals surface area contributed by atoms with Gasteiger partial charge in [-0.05, 0) is 114 Å². The van der Waals surface area contributed by atoms with Crippen molar-refractivity contribution in [2.75, 3.05) is 7.11 Å². The Labute approximate surface area is 364 Å². The molecule has 0 spiro atoms. The monoisotopic (exact) mass is 878 g/mol. The Bertz CT molecular complexity index is 2270. The van der Waals surface area contributed by atoms with Gasteiger partial charge in [0.1, 0.15) is 23.1 Å². The molecule has 2 aromatic carbocycles. The summed E-state index contributed by atoms with van der Waals surface area (Å²) in [5.41, 5.74) is 8.25. The number of fused-ring (bicyclic) bond motifs is 2. The van der Waals surface area contributed by atoms with Gasteiger partial charge >= 0.3 is 0 Å². The summed E-state index contributed by atoms with van der Waals surface area (Å²) in [6, 6.07) is 12.3. The smallest absolute Gasteiger partial charge is 0.151 e. The summed E-state index contributed by atoms with van der Waals surface area (Å²) >= 11 is 6.75. The van der Waals surface area contributed by atoms with Crippen molar-refractivity contribution in [2.24, 2.45) is 11.8 Å². The van der Waals surface area contributed by atoms with Gasteiger partial charge in [0.15, 0.2) is 8.68 Å². The molecule has 2 fully saturated rings. The molecule has 318 valence electrons. The molecule has 0 saturated heterocycles. The molecule has 8 rings (SSSR count). The largest absolute Gasteiger partial charge is 0.393 e. The number of ketones is 2. The van der Waals surface area contributed by atoms with Crippen LogP contribution < -0.4 is 0 Å². The number of carbonyl (C=O) groups is 2. The van der Waals surface area contributed by atoms with Crippen molar-refractivity contribution >= 4 is 78.2 Å². The molecule has 1 N–H and O–H groups in total. The number of hydrogen-bond donors (Lipinski definition) is 1. The van der Waals surface area contributed by atoms with E-state index in [0.29, 0.717) is 30.5 Å². The Kier molecular flexibility index (Phi) is 16.9. The lowest BCUT2D eigenvalue weighted by atomic mass is 9.83. The minimum absolute atomic E-state index is 0. The molecule has 10 nitrogen and oxygen atoms in total. The van der Waals surface area contributed by atoms with Crippen molar-refractivity contribution in [2.45, 2.75) is 139 Å². The standard InChI is InChI=1S/C22H26N2O3S2.C21H24N2O3S2.2CH4/c1-13-18(14(2)27-24-13)12-28-22-23-19-9-4-15(11-21(19)29-22)10-20(25)16-5-7-17(26-3)8-6-16;1-12-17(13(2)26-23-12)11-27-21-22-18-8-3-14(10-20(18)28-21)9-19(25)15-4-6-16(24)7-5-15;;/h4,9,11,16-17H,5-8,10,12H2,1-3H3;3,8,10,15-16,24H,4-7,9,11H2,1-2H3;2*1H4. The van der Waals surface area contributed by atoms with Crippen LogP contribution in [0.3, 0.4) is 0 Å². The first-order chi connectivity index (χ1) is 27.5. The van der Waals surface area contributed by atoms with Crippen molar-refractivity contribution in [1.29, 1.82) is 0 Å². The van der Waals surface area contributed by atoms with Crippen molar-refractivity contribution in [1.82, 2.24) is 20.3 Å². The van der Waals surface area contributed by atoms with Gasteiger partial charge in [-0.2, -0.15) is 0 Å². The highest BCUT2D eigenvalue weighted by atomic mass is 32.2. The number of aromatic nitrogens is 4. The number of rotatable bonds is 13. The van der Waals surface area contributed by atoms with E-state index in [4.69, 9.17) is 23.8 Å². The number of thiazole rings is 2. The third-order valence-electron chi connectivity index (χ3n) is 11.3. The Balaban J connectivity index is 0.000000217. The van der Waals surface area contributed by atoms with Crippen LogP contribution in [0.25, 0.3) is 20.4 Å². The molecule has 2 aliphatic carbocycles. The second kappa shape index (κ2) is 21.4. The second-order valence-electron chi connectivity index (χ2n) is 15.2. The van der Waals surface area contributed by atoms with E-state index in [-0.39, 0.29) is 32.8 Å². The SMILES string of the molecule is C.C.COC1CCC(C(=O)Cc2ccc3nc(SCc4c(C)noc4C)sc3c2)CC1.Cc1noc(C)c1CSc1nc2ccc(CC(=O)C3CCC(O)CC3)cc2s1. The number of aliphatic hydroxyl groups excluding tert-OH is 1. The van der Waals surface area contributed by atoms with Gasteiger partial charge in [0.25, 0.3) is 0 Å². The van der Waals surface area contributed by atoms with Gasteiger partial charge < -0.3 is 18.9 Å². The molecule has 59 heavy (non-hydrogen) atoms. The molecule has 4 aromatic heterocycles. The molecule has 0 atom stereocenters. The number of ether oxygens (including phenoxy) is 1. The number of benzene rings is 2. The number of carbonyl (C=O) groups excluding carboxylic acids is 2. The Hall–Kier alpha value is -3.40. The topological polar surface area (TPSA) is 141 Å². The minimum Gasteiger partial charge on any atom is -0.393 e. The summed E-state index contributed by atoms with van der Waals surface area (Å²) in [4.78, 5) is 34.8. The van der Waals surface area contributed by atoms with E-state index in [1.807, 2.05) is 52.0 Å². The first kappa shape index (κ1) is 46.7. The van der Waals surface area contributed by atoms with Crippen LogP contribution in [-0.2, 0) is 38.7 Å². The molecule has 14 heteroatoms. The maximum Gasteiger partial charge on any atom is 0.151 e. The van der Waals surface area contributed by atoms with Gasteiger partial charge in [-0.25, -0.2) is 9.97 Å². The molecule has 2 aliphatic rings. The first-order valence-corrected chi connectivity index (χ1v) is 23.3. The molecule has 0 bridgehead atoms. The summed E-state index contributed by atoms with van der Waals surface area (Å²) in [6.07, 6.45) is 8.08. The lowest BCUT2D eigenvalue weighted by molar-refractivity contribution is -0.124. The van der Waals surface area contributed by atoms with Crippen LogP contribution >= 0.6 is 46.2 Å². The number of aryl methyl sites for hydroxylation is 4. The lowest BCUT2D eigenvalue weighted by Crippen LogP contribution is -2.26. The maximum atomic E-state index is 12.7. The highest BCUT2D eigenvalue weighted by Gasteiger charge is 2.27. The van der Waals surface area contributed by atoms with Crippen molar-refractivity contribution < 1.29 is 28.5 Å². The minimum atomic E-state index is -0.223. The molecule has 0 aliphatic heterocycles. The molecular formula is C45H58N4O6S4. The summed E-state index contributed by atoms with van der Waals surface area (Å²) in [5.74, 6) is 4.26. The van der Waals surface area contributed by atoms with Gasteiger partial charge in [-0.3, -0.25) is 9.59 Å². The van der Waals surface area contributed by atoms with Crippen molar-refractivity contribution in [3.05, 3.63) is 81.6 Å². The van der Waals surface area contributed by atoms with Gasteiger partial charge in [0, 0.05) is 54.4 Å². The number of nitrogens with zero attached hydrogens (tertiary/aromatic N) is 4. The average Bonchev–Trinajstić information content (AvgIpc) is 3.98. The predicted octanol–water partition coefficient (Wildman–Crippen LogP) is 11.6. The van der Waals surface area contributed by atoms with E-state index < -0.39 is 0 Å². The summed E-state index contributed by atoms with van der Waals surface area (Å²) < 4.78 is 20.2. The number of methoxy groups -OCH3 is 1. The van der Waals surface area contributed by atoms with Gasteiger partial charge in [-0.1, -0.05) is 60.8 Å². The van der Waals surface area contributed by atoms with Crippen LogP contribution in [0.2, 0.25) is 0 Å². The van der Waals surface area contributed by atoms with Crippen molar-refractivity contribution in [3.8, 4) is 0 Å². The maximum absolute atomic E-state index is 12.7. The van der Waals surface area contributed by atoms with Crippen LogP contribution in [0.5, 0.6) is 0 Å². The van der Waals surface area contributed by atoms with Crippen LogP contribution in [0.1, 0.15) is 111 Å². The normalized spacial score (nSPS) is 19.2. The lowest BCUT2D eigenvalue weighted by Gasteiger charge is -2.26. The Morgan fingerprint density at radius 3 is 1.51 bits per heavy atom. The number of aliphatic hydroxyl groups is 1. The number of hydrogen-bond acceptors (Lipinski definition) is 14. The van der Waals surface area contributed by atoms with E-state index in [1.54, 1.807) is 53.3 Å². The summed E-state index contributed by atoms with van der Waals surface area (Å²) in [7, 11) is 1.76. The van der Waals surface area contributed by atoms with Gasteiger partial charge in [0.05, 0.1) is 44.0 Å². The highest BCUT2D eigenvalue weighted by Crippen LogP contribution is 2.36. The Morgan fingerprint density at radius 1 is 0.695 bits per heavy atom. The van der Waals surface area contributed by atoms with E-state index in [9.17, 15) is 14.7 Å². The fourth-order valence-electron chi connectivity index (χ4n) is 7.63. The zero-order valence-electron chi connectivity index (χ0n) is 33.2. The fourth-order valence-corrected chi connectivity index (χ4v) is 12.2. The first-order valence-electron chi connectivity index (χ1n) is 19.7.